The molecule has 2 amide bonds. The number of hydrogen-bond acceptors (Lipinski definition) is 6. The third-order valence-corrected chi connectivity index (χ3v) is 4.60. The maximum Gasteiger partial charge on any atom is 0.321 e. The fourth-order valence-electron chi connectivity index (χ4n) is 3.27. The highest BCUT2D eigenvalue weighted by molar-refractivity contribution is 5.91. The number of likely N-dealkylation sites (tertiary alicyclic amines) is 1. The molecule has 0 atom stereocenters. The quantitative estimate of drug-likeness (QED) is 0.849. The van der Waals surface area contributed by atoms with E-state index in [4.69, 9.17) is 14.2 Å². The van der Waals surface area contributed by atoms with Crippen LogP contribution in [-0.4, -0.2) is 54.3 Å². The first-order valence-corrected chi connectivity index (χ1v) is 9.26. The van der Waals surface area contributed by atoms with Crippen LogP contribution >= 0.6 is 0 Å². The predicted molar refractivity (Wildman–Crippen MR) is 105 cm³/mol. The van der Waals surface area contributed by atoms with E-state index < -0.39 is 0 Å². The number of methoxy groups -OCH3 is 2. The van der Waals surface area contributed by atoms with Crippen LogP contribution in [0.5, 0.6) is 17.4 Å². The van der Waals surface area contributed by atoms with Crippen molar-refractivity contribution in [3.8, 4) is 17.4 Å². The average Bonchev–Trinajstić information content (AvgIpc) is 2.67. The van der Waals surface area contributed by atoms with Gasteiger partial charge in [-0.15, -0.1) is 0 Å². The number of urea groups is 1. The molecule has 0 unspecified atom stereocenters. The molecule has 3 rings (SSSR count). The number of carbonyl (C=O) groups excluding carboxylic acids is 1. The Morgan fingerprint density at radius 2 is 1.89 bits per heavy atom. The largest absolute Gasteiger partial charge is 0.493 e. The van der Waals surface area contributed by atoms with Crippen molar-refractivity contribution in [2.45, 2.75) is 32.8 Å². The number of para-hydroxylation sites is 1. The first-order chi connectivity index (χ1) is 13.5. The smallest absolute Gasteiger partial charge is 0.321 e. The van der Waals surface area contributed by atoms with Gasteiger partial charge < -0.3 is 24.4 Å². The highest BCUT2D eigenvalue weighted by Gasteiger charge is 2.25. The molecule has 8 heteroatoms. The molecule has 2 aromatic rings. The molecule has 1 aliphatic rings. The number of aromatic nitrogens is 2. The van der Waals surface area contributed by atoms with Gasteiger partial charge in [0.1, 0.15) is 11.9 Å². The van der Waals surface area contributed by atoms with Gasteiger partial charge in [-0.25, -0.2) is 9.78 Å². The normalized spacial score (nSPS) is 14.5. The summed E-state index contributed by atoms with van der Waals surface area (Å²) in [7, 11) is 3.11. The molecule has 8 nitrogen and oxygen atoms in total. The molecule has 0 bridgehead atoms. The number of aryl methyl sites for hydroxylation is 2. The number of hydrogen-bond donors (Lipinski definition) is 1. The summed E-state index contributed by atoms with van der Waals surface area (Å²) in [5, 5.41) is 2.91. The summed E-state index contributed by atoms with van der Waals surface area (Å²) in [5.41, 5.74) is 1.46. The van der Waals surface area contributed by atoms with Crippen molar-refractivity contribution in [1.82, 2.24) is 14.9 Å². The fourth-order valence-corrected chi connectivity index (χ4v) is 3.27. The summed E-state index contributed by atoms with van der Waals surface area (Å²) in [6, 6.07) is 7.05. The lowest BCUT2D eigenvalue weighted by Crippen LogP contribution is -2.43. The van der Waals surface area contributed by atoms with Crippen molar-refractivity contribution in [1.29, 1.82) is 0 Å². The molecule has 2 heterocycles. The second-order valence-corrected chi connectivity index (χ2v) is 6.67. The molecule has 1 aromatic carbocycles. The van der Waals surface area contributed by atoms with Crippen molar-refractivity contribution in [3.05, 3.63) is 35.8 Å². The van der Waals surface area contributed by atoms with E-state index in [0.29, 0.717) is 42.0 Å². The van der Waals surface area contributed by atoms with Gasteiger partial charge in [-0.3, -0.25) is 0 Å². The number of anilines is 1. The zero-order valence-corrected chi connectivity index (χ0v) is 16.7. The van der Waals surface area contributed by atoms with E-state index in [-0.39, 0.29) is 12.1 Å². The van der Waals surface area contributed by atoms with E-state index in [0.717, 1.165) is 18.5 Å². The fraction of sp³-hybridized carbons (Fsp3) is 0.450. The molecule has 28 heavy (non-hydrogen) atoms. The van der Waals surface area contributed by atoms with Gasteiger partial charge in [0.25, 0.3) is 0 Å². The van der Waals surface area contributed by atoms with E-state index >= 15 is 0 Å². The Balaban J connectivity index is 1.57. The van der Waals surface area contributed by atoms with E-state index in [1.165, 1.54) is 0 Å². The average molecular weight is 386 g/mol. The molecule has 0 saturated carbocycles. The highest BCUT2D eigenvalue weighted by atomic mass is 16.5. The summed E-state index contributed by atoms with van der Waals surface area (Å²) in [5.74, 6) is 2.36. The molecule has 1 fully saturated rings. The van der Waals surface area contributed by atoms with Crippen LogP contribution in [0.3, 0.4) is 0 Å². The number of benzene rings is 1. The third-order valence-electron chi connectivity index (χ3n) is 4.60. The zero-order chi connectivity index (χ0) is 20.1. The van der Waals surface area contributed by atoms with Crippen LogP contribution in [0.1, 0.15) is 24.4 Å². The van der Waals surface area contributed by atoms with Gasteiger partial charge in [-0.2, -0.15) is 4.98 Å². The number of rotatable bonds is 5. The van der Waals surface area contributed by atoms with Gasteiger partial charge in [0.15, 0.2) is 11.5 Å². The molecular weight excluding hydrogens is 360 g/mol. The van der Waals surface area contributed by atoms with Gasteiger partial charge in [-0.1, -0.05) is 6.07 Å². The number of carbonyl (C=O) groups is 1. The van der Waals surface area contributed by atoms with Gasteiger partial charge in [0, 0.05) is 37.7 Å². The number of ether oxygens (including phenoxy) is 3. The van der Waals surface area contributed by atoms with Crippen LogP contribution in [0.2, 0.25) is 0 Å². The van der Waals surface area contributed by atoms with Crippen molar-refractivity contribution < 1.29 is 19.0 Å². The Morgan fingerprint density at radius 1 is 1.14 bits per heavy atom. The molecule has 0 spiro atoms. The van der Waals surface area contributed by atoms with Gasteiger partial charge in [0.05, 0.1) is 19.9 Å². The SMILES string of the molecule is COc1cccc(NC(=O)N2CCC(Oc3cc(C)nc(C)n3)CC2)c1OC. The molecule has 1 saturated heterocycles. The Labute approximate surface area is 164 Å². The Hall–Kier alpha value is -3.03. The molecule has 150 valence electrons. The minimum absolute atomic E-state index is 0.0316. The van der Waals surface area contributed by atoms with Crippen LogP contribution in [0, 0.1) is 13.8 Å². The lowest BCUT2D eigenvalue weighted by Gasteiger charge is -2.32. The summed E-state index contributed by atoms with van der Waals surface area (Å²) < 4.78 is 16.6. The minimum Gasteiger partial charge on any atom is -0.493 e. The van der Waals surface area contributed by atoms with E-state index in [2.05, 4.69) is 15.3 Å². The Kier molecular flexibility index (Phi) is 6.18. The molecule has 0 radical (unpaired) electrons. The monoisotopic (exact) mass is 386 g/mol. The Bertz CT molecular complexity index is 815. The minimum atomic E-state index is -0.168. The first-order valence-electron chi connectivity index (χ1n) is 9.26. The van der Waals surface area contributed by atoms with Gasteiger partial charge >= 0.3 is 6.03 Å². The molecule has 1 aliphatic heterocycles. The summed E-state index contributed by atoms with van der Waals surface area (Å²) in [4.78, 5) is 23.0. The second kappa shape index (κ2) is 8.77. The summed E-state index contributed by atoms with van der Waals surface area (Å²) in [6.07, 6.45) is 1.51. The highest BCUT2D eigenvalue weighted by Crippen LogP contribution is 2.35. The van der Waals surface area contributed by atoms with Crippen LogP contribution < -0.4 is 19.5 Å². The third kappa shape index (κ3) is 4.62. The maximum absolute atomic E-state index is 12.6. The topological polar surface area (TPSA) is 85.8 Å². The summed E-state index contributed by atoms with van der Waals surface area (Å²) >= 11 is 0. The lowest BCUT2D eigenvalue weighted by molar-refractivity contribution is 0.111. The van der Waals surface area contributed by atoms with Crippen LogP contribution in [-0.2, 0) is 0 Å². The predicted octanol–water partition coefficient (Wildman–Crippen LogP) is 3.19. The van der Waals surface area contributed by atoms with Crippen LogP contribution in [0.4, 0.5) is 10.5 Å². The van der Waals surface area contributed by atoms with Crippen molar-refractivity contribution >= 4 is 11.7 Å². The zero-order valence-electron chi connectivity index (χ0n) is 16.7. The number of piperidine rings is 1. The molecule has 1 N–H and O–H groups in total. The number of nitrogens with one attached hydrogen (secondary N) is 1. The molecule has 1 aromatic heterocycles. The molecular formula is C20H26N4O4. The number of amides is 2. The van der Waals surface area contributed by atoms with Crippen molar-refractivity contribution in [2.75, 3.05) is 32.6 Å². The van der Waals surface area contributed by atoms with E-state index in [1.54, 1.807) is 31.3 Å². The van der Waals surface area contributed by atoms with Gasteiger partial charge in [0.2, 0.25) is 5.88 Å². The van der Waals surface area contributed by atoms with Crippen LogP contribution in [0.25, 0.3) is 0 Å². The van der Waals surface area contributed by atoms with Crippen molar-refractivity contribution in [3.63, 3.8) is 0 Å². The van der Waals surface area contributed by atoms with E-state index in [1.807, 2.05) is 26.0 Å². The Morgan fingerprint density at radius 3 is 2.54 bits per heavy atom. The second-order valence-electron chi connectivity index (χ2n) is 6.67. The lowest BCUT2D eigenvalue weighted by atomic mass is 10.1. The first kappa shape index (κ1) is 19.7. The maximum atomic E-state index is 12.6. The standard InChI is InChI=1S/C20H26N4O4/c1-13-12-18(22-14(2)21-13)28-15-8-10-24(11-9-15)20(25)23-16-6-5-7-17(26-3)19(16)27-4/h5-7,12,15H,8-11H2,1-4H3,(H,23,25). The summed E-state index contributed by atoms with van der Waals surface area (Å²) in [6.45, 7) is 4.97. The van der Waals surface area contributed by atoms with Gasteiger partial charge in [-0.05, 0) is 26.0 Å². The van der Waals surface area contributed by atoms with E-state index in [9.17, 15) is 4.79 Å². The molecule has 0 aliphatic carbocycles. The van der Waals surface area contributed by atoms with Crippen LogP contribution in [0.15, 0.2) is 24.3 Å². The number of nitrogens with zero attached hydrogens (tertiary/aromatic N) is 3. The van der Waals surface area contributed by atoms with Crippen molar-refractivity contribution in [2.24, 2.45) is 0 Å².